The molecular weight excluding hydrogens is 312 g/mol. The number of hydrogen-bond donors (Lipinski definition) is 0. The molecule has 0 saturated heterocycles. The molecular formula is C18H18O6. The van der Waals surface area contributed by atoms with E-state index in [9.17, 15) is 9.59 Å². The van der Waals surface area contributed by atoms with Crippen LogP contribution in [0.15, 0.2) is 37.8 Å². The maximum absolute atomic E-state index is 12.5. The van der Waals surface area contributed by atoms with Crippen LogP contribution in [0, 0.1) is 0 Å². The van der Waals surface area contributed by atoms with Crippen molar-refractivity contribution in [2.24, 2.45) is 0 Å². The lowest BCUT2D eigenvalue weighted by Crippen LogP contribution is -2.35. The summed E-state index contributed by atoms with van der Waals surface area (Å²) in [6.07, 6.45) is 2.57. The predicted octanol–water partition coefficient (Wildman–Crippen LogP) is 2.34. The van der Waals surface area contributed by atoms with Gasteiger partial charge in [0.25, 0.3) is 0 Å². The van der Waals surface area contributed by atoms with Crippen LogP contribution in [0.2, 0.25) is 0 Å². The average molecular weight is 330 g/mol. The number of ether oxygens (including phenoxy) is 4. The summed E-state index contributed by atoms with van der Waals surface area (Å²) in [5.41, 5.74) is 2.56. The van der Waals surface area contributed by atoms with Gasteiger partial charge in [-0.25, -0.2) is 9.59 Å². The van der Waals surface area contributed by atoms with Crippen LogP contribution in [-0.2, 0) is 25.4 Å². The third kappa shape index (κ3) is 2.87. The van der Waals surface area contributed by atoms with Crippen molar-refractivity contribution < 1.29 is 28.5 Å². The van der Waals surface area contributed by atoms with Crippen LogP contribution in [0.1, 0.15) is 37.8 Å². The summed E-state index contributed by atoms with van der Waals surface area (Å²) in [5, 5.41) is 0. The van der Waals surface area contributed by atoms with Gasteiger partial charge in [-0.3, -0.25) is 0 Å². The molecule has 0 amide bonds. The van der Waals surface area contributed by atoms with Gasteiger partial charge in [-0.1, -0.05) is 13.2 Å². The zero-order valence-electron chi connectivity index (χ0n) is 13.2. The molecule has 0 saturated carbocycles. The van der Waals surface area contributed by atoms with Crippen molar-refractivity contribution in [1.82, 2.24) is 0 Å². The van der Waals surface area contributed by atoms with Gasteiger partial charge in [0, 0.05) is 5.92 Å². The molecule has 0 N–H and O–H groups in total. The first kappa shape index (κ1) is 16.1. The predicted molar refractivity (Wildman–Crippen MR) is 84.7 cm³/mol. The van der Waals surface area contributed by atoms with Crippen LogP contribution in [-0.4, -0.2) is 37.9 Å². The van der Waals surface area contributed by atoms with Crippen molar-refractivity contribution >= 4 is 11.9 Å². The molecule has 6 heteroatoms. The lowest BCUT2D eigenvalue weighted by Gasteiger charge is -2.34. The summed E-state index contributed by atoms with van der Waals surface area (Å²) in [6, 6.07) is 3.22. The normalized spacial score (nSPS) is 21.7. The van der Waals surface area contributed by atoms with E-state index in [0.717, 1.165) is 11.1 Å². The fourth-order valence-electron chi connectivity index (χ4n) is 3.02. The van der Waals surface area contributed by atoms with Gasteiger partial charge in [0.05, 0.1) is 30.3 Å². The van der Waals surface area contributed by atoms with Gasteiger partial charge >= 0.3 is 11.9 Å². The van der Waals surface area contributed by atoms with Crippen molar-refractivity contribution in [2.45, 2.75) is 18.4 Å². The minimum absolute atomic E-state index is 0.0237. The van der Waals surface area contributed by atoms with Gasteiger partial charge in [0.1, 0.15) is 13.2 Å². The molecule has 2 aliphatic heterocycles. The number of hydrogen-bond acceptors (Lipinski definition) is 6. The number of fused-ring (bicyclic) bond motifs is 6. The number of carbonyl (C=O) groups excluding carboxylic acids is 2. The van der Waals surface area contributed by atoms with Gasteiger partial charge in [0.2, 0.25) is 0 Å². The summed E-state index contributed by atoms with van der Waals surface area (Å²) in [6.45, 7) is 7.37. The van der Waals surface area contributed by atoms with Crippen molar-refractivity contribution in [1.29, 1.82) is 0 Å². The molecule has 3 aliphatic rings. The van der Waals surface area contributed by atoms with E-state index in [1.165, 1.54) is 12.5 Å². The second kappa shape index (κ2) is 6.78. The second-order valence-corrected chi connectivity index (χ2v) is 5.58. The zero-order valence-corrected chi connectivity index (χ0v) is 13.2. The first-order valence-electron chi connectivity index (χ1n) is 7.64. The van der Waals surface area contributed by atoms with Crippen molar-refractivity contribution in [3.8, 4) is 0 Å². The lowest BCUT2D eigenvalue weighted by molar-refractivity contribution is -0.0199. The Bertz CT molecular complexity index is 693. The monoisotopic (exact) mass is 330 g/mol. The summed E-state index contributed by atoms with van der Waals surface area (Å²) in [4.78, 5) is 24.8. The molecule has 0 spiro atoms. The maximum atomic E-state index is 12.5. The Kier molecular flexibility index (Phi) is 4.55. The van der Waals surface area contributed by atoms with Gasteiger partial charge in [-0.2, -0.15) is 0 Å². The Morgan fingerprint density at radius 2 is 1.79 bits per heavy atom. The largest absolute Gasteiger partial charge is 0.501 e. The van der Waals surface area contributed by atoms with E-state index in [1.54, 1.807) is 12.1 Å². The van der Waals surface area contributed by atoms with Gasteiger partial charge in [0.15, 0.2) is 6.10 Å². The molecule has 2 unspecified atom stereocenters. The molecule has 0 radical (unpaired) electrons. The minimum atomic E-state index is -0.688. The highest BCUT2D eigenvalue weighted by atomic mass is 16.6. The SMILES string of the molecule is C=COCC1COC(=O)c2ccc(c3c2CC3COC=C)C(=O)O1. The molecule has 126 valence electrons. The van der Waals surface area contributed by atoms with E-state index in [-0.39, 0.29) is 19.1 Å². The van der Waals surface area contributed by atoms with Gasteiger partial charge < -0.3 is 18.9 Å². The third-order valence-electron chi connectivity index (χ3n) is 4.14. The molecule has 2 bridgehead atoms. The lowest BCUT2D eigenvalue weighted by atomic mass is 9.73. The zero-order chi connectivity index (χ0) is 17.1. The van der Waals surface area contributed by atoms with E-state index < -0.39 is 18.0 Å². The quantitative estimate of drug-likeness (QED) is 0.589. The van der Waals surface area contributed by atoms with Crippen LogP contribution in [0.25, 0.3) is 0 Å². The Balaban J connectivity index is 1.93. The Morgan fingerprint density at radius 3 is 2.54 bits per heavy atom. The highest BCUT2D eigenvalue weighted by molar-refractivity contribution is 5.98. The van der Waals surface area contributed by atoms with E-state index in [2.05, 4.69) is 13.2 Å². The van der Waals surface area contributed by atoms with Crippen LogP contribution >= 0.6 is 0 Å². The third-order valence-corrected chi connectivity index (χ3v) is 4.14. The first-order valence-corrected chi connectivity index (χ1v) is 7.64. The molecule has 6 nitrogen and oxygen atoms in total. The fraction of sp³-hybridized carbons (Fsp3) is 0.333. The summed E-state index contributed by atoms with van der Waals surface area (Å²) < 4.78 is 21.0. The minimum Gasteiger partial charge on any atom is -0.501 e. The summed E-state index contributed by atoms with van der Waals surface area (Å²) in [7, 11) is 0. The Labute approximate surface area is 139 Å². The maximum Gasteiger partial charge on any atom is 0.338 e. The highest BCUT2D eigenvalue weighted by Gasteiger charge is 2.37. The van der Waals surface area contributed by atoms with Gasteiger partial charge in [-0.15, -0.1) is 0 Å². The molecule has 24 heavy (non-hydrogen) atoms. The summed E-state index contributed by atoms with van der Waals surface area (Å²) in [5.74, 6) is -0.866. The number of benzene rings is 1. The van der Waals surface area contributed by atoms with Crippen molar-refractivity contribution in [3.63, 3.8) is 0 Å². The molecule has 1 aromatic carbocycles. The van der Waals surface area contributed by atoms with Crippen molar-refractivity contribution in [3.05, 3.63) is 60.1 Å². The topological polar surface area (TPSA) is 71.1 Å². The molecule has 1 aliphatic carbocycles. The number of rotatable bonds is 6. The smallest absolute Gasteiger partial charge is 0.338 e. The van der Waals surface area contributed by atoms with Crippen LogP contribution < -0.4 is 0 Å². The standard InChI is InChI=1S/C18H18O6/c1-3-21-8-11-7-15-13-5-6-14(16(11)15)18(20)24-12(9-22-4-2)10-23-17(13)19/h3-6,11-12H,1-2,7-10H2. The van der Waals surface area contributed by atoms with E-state index in [0.29, 0.717) is 24.2 Å². The van der Waals surface area contributed by atoms with E-state index in [4.69, 9.17) is 18.9 Å². The second-order valence-electron chi connectivity index (χ2n) is 5.58. The first-order chi connectivity index (χ1) is 11.7. The highest BCUT2D eigenvalue weighted by Crippen LogP contribution is 2.41. The molecule has 2 heterocycles. The van der Waals surface area contributed by atoms with Crippen LogP contribution in [0.5, 0.6) is 0 Å². The van der Waals surface area contributed by atoms with Crippen LogP contribution in [0.3, 0.4) is 0 Å². The van der Waals surface area contributed by atoms with Crippen LogP contribution in [0.4, 0.5) is 0 Å². The Hall–Kier alpha value is -2.76. The number of carbonyl (C=O) groups is 2. The van der Waals surface area contributed by atoms with Crippen molar-refractivity contribution in [2.75, 3.05) is 19.8 Å². The van der Waals surface area contributed by atoms with Gasteiger partial charge in [-0.05, 0) is 29.7 Å². The fourth-order valence-corrected chi connectivity index (χ4v) is 3.02. The van der Waals surface area contributed by atoms with E-state index in [1.807, 2.05) is 0 Å². The average Bonchev–Trinajstić information content (AvgIpc) is 2.56. The summed E-state index contributed by atoms with van der Waals surface area (Å²) >= 11 is 0. The van der Waals surface area contributed by atoms with E-state index >= 15 is 0 Å². The molecule has 0 aromatic heterocycles. The molecule has 4 rings (SSSR count). The number of esters is 2. The Morgan fingerprint density at radius 1 is 1.08 bits per heavy atom. The molecule has 1 aromatic rings. The molecule has 2 atom stereocenters. The molecule has 0 fully saturated rings.